The summed E-state index contributed by atoms with van der Waals surface area (Å²) in [5.74, 6) is 14.0. The molecule has 0 saturated heterocycles. The van der Waals surface area contributed by atoms with Gasteiger partial charge in [0.2, 0.25) is 5.88 Å². The third-order valence-electron chi connectivity index (χ3n) is 26.1. The molecule has 12 rings (SSSR count). The smallest absolute Gasteiger partial charge is 0.291 e. The zero-order chi connectivity index (χ0) is 71.0. The van der Waals surface area contributed by atoms with Crippen LogP contribution < -0.4 is 9.47 Å². The number of pyridine rings is 2. The molecule has 4 aromatic rings. The lowest BCUT2D eigenvalue weighted by molar-refractivity contribution is 0.0193. The van der Waals surface area contributed by atoms with Crippen LogP contribution in [0.2, 0.25) is 0 Å². The normalized spacial score (nSPS) is 32.9. The average Bonchev–Trinajstić information content (AvgIpc) is 1.55. The number of hydrogen-bond donors (Lipinski definition) is 0. The van der Waals surface area contributed by atoms with Crippen LogP contribution in [0.1, 0.15) is 241 Å². The average molecular weight is 1390 g/mol. The summed E-state index contributed by atoms with van der Waals surface area (Å²) in [6.07, 6.45) is 45.9. The number of carbonyl (C=O) groups excluding carboxylic acids is 1. The lowest BCUT2D eigenvalue weighted by Crippen LogP contribution is -2.46. The Balaban J connectivity index is 0.000000153. The van der Waals surface area contributed by atoms with Crippen LogP contribution in [0.3, 0.4) is 0 Å². The highest BCUT2D eigenvalue weighted by molar-refractivity contribution is 8.23. The van der Waals surface area contributed by atoms with Crippen LogP contribution in [-0.4, -0.2) is 61.3 Å². The van der Waals surface area contributed by atoms with Crippen LogP contribution in [0.5, 0.6) is 11.6 Å². The Morgan fingerprint density at radius 2 is 0.857 bits per heavy atom. The molecular weight excluding hydrogens is 1260 g/mol. The van der Waals surface area contributed by atoms with Crippen molar-refractivity contribution in [1.29, 1.82) is 0 Å². The SMILES string of the molecule is CC(C)C1CC=C2C[C@@H](Oc3ccccn3)CC[C@]2(C)C1C(C)C.CC(C)C1CC=C2C[C@@H](Oc3cccnc3)CC[C@]2(C)C1C(C)C.CC(C)C1CC=C2C[C@@H](SC(=O)n3ccnc3)CC[C@]2(C)C1C(C)C.CC(C)C1CC=C2C[C@@H](SC(=S)n3ccnc3)CC[C@]2(C)C1C(C)C. The second kappa shape index (κ2) is 33.9. The van der Waals surface area contributed by atoms with E-state index in [0.29, 0.717) is 44.2 Å². The van der Waals surface area contributed by atoms with Gasteiger partial charge in [-0.05, 0) is 224 Å². The number of nitrogens with zero attached hydrogens (tertiary/aromatic N) is 6. The summed E-state index contributed by atoms with van der Waals surface area (Å²) in [5.41, 5.74) is 8.03. The van der Waals surface area contributed by atoms with E-state index in [9.17, 15) is 4.79 Å². The molecule has 4 aromatic heterocycles. The maximum absolute atomic E-state index is 12.4. The largest absolute Gasteiger partial charge is 0.488 e. The topological polar surface area (TPSA) is 97.0 Å². The first-order chi connectivity index (χ1) is 46.5. The molecule has 16 atom stereocenters. The van der Waals surface area contributed by atoms with Gasteiger partial charge in [0, 0.05) is 66.6 Å². The molecule has 8 aliphatic carbocycles. The Morgan fingerprint density at radius 3 is 1.22 bits per heavy atom. The third-order valence-corrected chi connectivity index (χ3v) is 28.9. The van der Waals surface area contributed by atoms with Crippen molar-refractivity contribution in [2.24, 2.45) is 116 Å². The van der Waals surface area contributed by atoms with Crippen LogP contribution in [0.25, 0.3) is 0 Å². The molecule has 0 bridgehead atoms. The van der Waals surface area contributed by atoms with E-state index < -0.39 is 0 Å². The molecule has 0 aliphatic heterocycles. The minimum Gasteiger partial charge on any atom is -0.488 e. The molecule has 0 spiro atoms. The number of imidazole rings is 2. The zero-order valence-electron chi connectivity index (χ0n) is 64.4. The van der Waals surface area contributed by atoms with E-state index in [1.807, 2.05) is 71.6 Å². The first-order valence-electron chi connectivity index (χ1n) is 38.8. The number of ether oxygens (including phenoxy) is 2. The van der Waals surface area contributed by atoms with E-state index in [1.165, 1.54) is 76.0 Å². The first kappa shape index (κ1) is 77.9. The fourth-order valence-electron chi connectivity index (χ4n) is 21.6. The van der Waals surface area contributed by atoms with Crippen molar-refractivity contribution in [2.75, 3.05) is 0 Å². The van der Waals surface area contributed by atoms with Gasteiger partial charge in [-0.25, -0.2) is 15.0 Å². The maximum atomic E-state index is 12.4. The number of thioether (sulfide) groups is 2. The molecule has 0 aromatic carbocycles. The number of allylic oxidation sites excluding steroid dienone is 6. The lowest BCUT2D eigenvalue weighted by atomic mass is 9.52. The predicted molar refractivity (Wildman–Crippen MR) is 419 cm³/mol. The molecule has 8 unspecified atom stereocenters. The Hall–Kier alpha value is -4.26. The summed E-state index contributed by atoms with van der Waals surface area (Å²) in [6, 6.07) is 9.87. The van der Waals surface area contributed by atoms with Gasteiger partial charge in [0.1, 0.15) is 34.9 Å². The third kappa shape index (κ3) is 17.8. The number of thiocarbonyl (C=S) groups is 1. The first-order valence-corrected chi connectivity index (χ1v) is 41.0. The van der Waals surface area contributed by atoms with Gasteiger partial charge in [0.05, 0.1) is 6.20 Å². The van der Waals surface area contributed by atoms with Crippen molar-refractivity contribution in [3.05, 3.63) is 133 Å². The van der Waals surface area contributed by atoms with Gasteiger partial charge < -0.3 is 9.47 Å². The van der Waals surface area contributed by atoms with Crippen molar-refractivity contribution in [3.63, 3.8) is 0 Å². The molecule has 12 heteroatoms. The van der Waals surface area contributed by atoms with Crippen molar-refractivity contribution in [2.45, 2.75) is 264 Å². The molecule has 4 saturated carbocycles. The second-order valence-corrected chi connectivity index (χ2v) is 38.2. The van der Waals surface area contributed by atoms with Crippen LogP contribution >= 0.6 is 35.7 Å². The molecule has 0 N–H and O–H groups in total. The number of rotatable bonds is 14. The minimum atomic E-state index is 0.1000. The molecule has 540 valence electrons. The van der Waals surface area contributed by atoms with Crippen molar-refractivity contribution in [3.8, 4) is 11.6 Å². The van der Waals surface area contributed by atoms with Crippen LogP contribution in [0.15, 0.2) is 133 Å². The molecule has 9 nitrogen and oxygen atoms in total. The highest BCUT2D eigenvalue weighted by Gasteiger charge is 2.53. The number of aromatic nitrogens is 6. The van der Waals surface area contributed by atoms with E-state index in [0.717, 1.165) is 143 Å². The molecule has 98 heavy (non-hydrogen) atoms. The van der Waals surface area contributed by atoms with Gasteiger partial charge in [-0.3, -0.25) is 18.9 Å². The van der Waals surface area contributed by atoms with Crippen LogP contribution in [0, 0.1) is 116 Å². The fourth-order valence-corrected chi connectivity index (χ4v) is 24.1. The van der Waals surface area contributed by atoms with Gasteiger partial charge in [-0.2, -0.15) is 0 Å². The maximum Gasteiger partial charge on any atom is 0.291 e. The van der Waals surface area contributed by atoms with Gasteiger partial charge >= 0.3 is 0 Å². The molecule has 8 aliphatic rings. The van der Waals surface area contributed by atoms with Gasteiger partial charge in [-0.15, -0.1) is 0 Å². The molecule has 0 radical (unpaired) electrons. The van der Waals surface area contributed by atoms with Crippen molar-refractivity contribution < 1.29 is 14.3 Å². The van der Waals surface area contributed by atoms with Crippen molar-refractivity contribution >= 4 is 45.3 Å². The summed E-state index contributed by atoms with van der Waals surface area (Å²) < 4.78 is 16.9. The van der Waals surface area contributed by atoms with E-state index in [2.05, 4.69) is 183 Å². The summed E-state index contributed by atoms with van der Waals surface area (Å²) in [6.45, 7) is 48.6. The Kier molecular flexibility index (Phi) is 26.9. The number of carbonyl (C=O) groups is 1. The number of hydrogen-bond acceptors (Lipinski definition) is 10. The highest BCUT2D eigenvalue weighted by Crippen LogP contribution is 2.62. The lowest BCUT2D eigenvalue weighted by Gasteiger charge is -2.53. The highest BCUT2D eigenvalue weighted by atomic mass is 32.2. The Morgan fingerprint density at radius 1 is 0.459 bits per heavy atom. The predicted octanol–water partition coefficient (Wildman–Crippen LogP) is 24.0. The quantitative estimate of drug-likeness (QED) is 0.0897. The molecule has 0 amide bonds. The fraction of sp³-hybridized carbons (Fsp3) is 0.698. The van der Waals surface area contributed by atoms with Gasteiger partial charge in [-0.1, -0.05) is 227 Å². The van der Waals surface area contributed by atoms with Gasteiger partial charge in [0.15, 0.2) is 0 Å². The summed E-state index contributed by atoms with van der Waals surface area (Å²) in [7, 11) is 0. The standard InChI is InChI=1S/2C22H33NO.C21H32N2OS.C21H32N2S2/c1-15(2)20-9-8-17-13-18(24-19-7-6-12-23-14-19)10-11-22(17,5)21(20)16(3)4;1-15(2)19-10-9-17-14-18(24-20-8-6-7-13-23-20)11-12-22(17,5)21(19)16(3)4;2*1-14(2)18-7-6-16-12-17(25-20(24)23-11-10-22-13-23)8-9-21(16,5)19(18)15(3)4/h6-8,12,14-16,18,20-21H,9-11,13H2,1-5H3;6-9,13,15-16,18-19,21H,10-12,14H2,1-5H3;2*6,10-11,13-15,17-19H,7-9,12H2,1-5H3/t18-,20?,21?,22-;18-,19?,21?,22-;2*17-,18?,19?,21-/m0000/s1. The van der Waals surface area contributed by atoms with E-state index >= 15 is 0 Å². The Bertz CT molecular complexity index is 3080. The number of fused-ring (bicyclic) bond motifs is 4. The molecule has 4 fully saturated rings. The van der Waals surface area contributed by atoms with E-state index in [-0.39, 0.29) is 11.3 Å². The summed E-state index contributed by atoms with van der Waals surface area (Å²) >= 11 is 8.97. The minimum absolute atomic E-state index is 0.1000. The summed E-state index contributed by atoms with van der Waals surface area (Å²) in [4.78, 5) is 29.0. The van der Waals surface area contributed by atoms with E-state index in [4.69, 9.17) is 21.7 Å². The van der Waals surface area contributed by atoms with Crippen LogP contribution in [0.4, 0.5) is 4.79 Å². The second-order valence-electron chi connectivity index (χ2n) is 35.0. The van der Waals surface area contributed by atoms with Gasteiger partial charge in [0.25, 0.3) is 5.24 Å². The van der Waals surface area contributed by atoms with Crippen LogP contribution in [-0.2, 0) is 0 Å². The monoisotopic (exact) mass is 1390 g/mol. The van der Waals surface area contributed by atoms with Crippen molar-refractivity contribution in [1.82, 2.24) is 29.1 Å². The zero-order valence-corrected chi connectivity index (χ0v) is 66.8. The van der Waals surface area contributed by atoms with E-state index in [1.54, 1.807) is 58.0 Å². The Labute approximate surface area is 609 Å². The molecular formula is C86H130N6O3S3. The summed E-state index contributed by atoms with van der Waals surface area (Å²) in [5, 5.41) is 1.11. The molecule has 4 heterocycles.